The predicted octanol–water partition coefficient (Wildman–Crippen LogP) is 0.877. The Kier molecular flexibility index (Phi) is 4.48. The molecule has 4 heteroatoms. The van der Waals surface area contributed by atoms with Crippen molar-refractivity contribution < 1.29 is 4.74 Å². The molecule has 2 atom stereocenters. The van der Waals surface area contributed by atoms with Crippen molar-refractivity contribution in [3.63, 3.8) is 0 Å². The third kappa shape index (κ3) is 3.25. The van der Waals surface area contributed by atoms with Crippen LogP contribution in [0.3, 0.4) is 0 Å². The van der Waals surface area contributed by atoms with Gasteiger partial charge in [-0.1, -0.05) is 0 Å². The second-order valence-corrected chi connectivity index (χ2v) is 4.70. The minimum atomic E-state index is 0.408. The quantitative estimate of drug-likeness (QED) is 0.823. The summed E-state index contributed by atoms with van der Waals surface area (Å²) >= 11 is 0. The summed E-state index contributed by atoms with van der Waals surface area (Å²) in [6, 6.07) is 4.51. The van der Waals surface area contributed by atoms with Gasteiger partial charge >= 0.3 is 0 Å². The fourth-order valence-electron chi connectivity index (χ4n) is 2.48. The fraction of sp³-hybridized carbons (Fsp3) is 0.615. The van der Waals surface area contributed by atoms with Gasteiger partial charge in [-0.25, -0.2) is 0 Å². The Morgan fingerprint density at radius 2 is 2.29 bits per heavy atom. The van der Waals surface area contributed by atoms with E-state index in [9.17, 15) is 0 Å². The van der Waals surface area contributed by atoms with Crippen LogP contribution < -0.4 is 5.73 Å². The smallest absolute Gasteiger partial charge is 0.0510 e. The molecule has 1 aromatic heterocycles. The lowest BCUT2D eigenvalue weighted by molar-refractivity contribution is 0.136. The molecule has 17 heavy (non-hydrogen) atoms. The summed E-state index contributed by atoms with van der Waals surface area (Å²) < 4.78 is 5.45. The molecule has 1 aliphatic rings. The lowest BCUT2D eigenvalue weighted by Gasteiger charge is -2.31. The van der Waals surface area contributed by atoms with Gasteiger partial charge in [0, 0.05) is 44.0 Å². The average molecular weight is 235 g/mol. The molecule has 0 aliphatic carbocycles. The fourth-order valence-corrected chi connectivity index (χ4v) is 2.48. The van der Waals surface area contributed by atoms with Crippen LogP contribution in [0.5, 0.6) is 0 Å². The molecule has 2 heterocycles. The molecule has 0 amide bonds. The van der Waals surface area contributed by atoms with E-state index < -0.39 is 0 Å². The molecule has 2 N–H and O–H groups in total. The number of nitrogens with two attached hydrogens (primary N) is 1. The Bertz CT molecular complexity index is 325. The average Bonchev–Trinajstić information content (AvgIpc) is 2.85. The zero-order valence-electron chi connectivity index (χ0n) is 10.4. The summed E-state index contributed by atoms with van der Waals surface area (Å²) in [4.78, 5) is 6.36. The summed E-state index contributed by atoms with van der Waals surface area (Å²) in [5.41, 5.74) is 7.18. The molecule has 0 bridgehead atoms. The van der Waals surface area contributed by atoms with Gasteiger partial charge in [-0.15, -0.1) is 0 Å². The van der Waals surface area contributed by atoms with Gasteiger partial charge in [-0.3, -0.25) is 9.88 Å². The van der Waals surface area contributed by atoms with Gasteiger partial charge in [0.2, 0.25) is 0 Å². The van der Waals surface area contributed by atoms with Gasteiger partial charge < -0.3 is 10.5 Å². The summed E-state index contributed by atoms with van der Waals surface area (Å²) in [5.74, 6) is 0.576. The third-order valence-corrected chi connectivity index (χ3v) is 3.50. The number of nitrogens with zero attached hydrogens (tertiary/aromatic N) is 2. The summed E-state index contributed by atoms with van der Waals surface area (Å²) in [5, 5.41) is 0. The van der Waals surface area contributed by atoms with Crippen molar-refractivity contribution in [2.24, 2.45) is 11.7 Å². The number of rotatable bonds is 5. The van der Waals surface area contributed by atoms with E-state index in [0.717, 1.165) is 26.2 Å². The van der Waals surface area contributed by atoms with Crippen molar-refractivity contribution in [1.29, 1.82) is 0 Å². The number of likely N-dealkylation sites (N-methyl/N-ethyl adjacent to an activating group) is 1. The zero-order chi connectivity index (χ0) is 12.1. The molecule has 0 saturated carbocycles. The van der Waals surface area contributed by atoms with Crippen molar-refractivity contribution in [1.82, 2.24) is 9.88 Å². The van der Waals surface area contributed by atoms with Gasteiger partial charge in [-0.2, -0.15) is 0 Å². The van der Waals surface area contributed by atoms with E-state index in [1.807, 2.05) is 12.4 Å². The first kappa shape index (κ1) is 12.5. The van der Waals surface area contributed by atoms with Crippen LogP contribution in [-0.4, -0.2) is 42.7 Å². The molecule has 0 aromatic carbocycles. The van der Waals surface area contributed by atoms with Gasteiger partial charge in [0.15, 0.2) is 0 Å². The van der Waals surface area contributed by atoms with Crippen molar-refractivity contribution in [3.8, 4) is 0 Å². The van der Waals surface area contributed by atoms with E-state index in [1.165, 1.54) is 5.56 Å². The highest BCUT2D eigenvalue weighted by molar-refractivity contribution is 5.09. The number of aromatic nitrogens is 1. The molecule has 1 aliphatic heterocycles. The molecule has 2 unspecified atom stereocenters. The molecule has 1 aromatic rings. The standard InChI is InChI=1S/C13H21N3O/c1-16(9-11-2-5-15-6-3-11)13(8-14)12-4-7-17-10-12/h2-3,5-6,12-13H,4,7-10,14H2,1H3. The minimum absolute atomic E-state index is 0.408. The van der Waals surface area contributed by atoms with Crippen LogP contribution in [-0.2, 0) is 11.3 Å². The topological polar surface area (TPSA) is 51.4 Å². The first-order valence-electron chi connectivity index (χ1n) is 6.18. The van der Waals surface area contributed by atoms with Crippen LogP contribution in [0.4, 0.5) is 0 Å². The first-order chi connectivity index (χ1) is 8.31. The monoisotopic (exact) mass is 235 g/mol. The Balaban J connectivity index is 1.95. The number of hydrogen-bond acceptors (Lipinski definition) is 4. The Morgan fingerprint density at radius 3 is 2.88 bits per heavy atom. The minimum Gasteiger partial charge on any atom is -0.381 e. The summed E-state index contributed by atoms with van der Waals surface area (Å²) in [7, 11) is 2.14. The molecular formula is C13H21N3O. The van der Waals surface area contributed by atoms with E-state index in [2.05, 4.69) is 29.1 Å². The Hall–Kier alpha value is -0.970. The van der Waals surface area contributed by atoms with Crippen LogP contribution in [0.15, 0.2) is 24.5 Å². The molecule has 2 rings (SSSR count). The maximum Gasteiger partial charge on any atom is 0.0510 e. The van der Waals surface area contributed by atoms with Crippen molar-refractivity contribution in [3.05, 3.63) is 30.1 Å². The molecule has 94 valence electrons. The van der Waals surface area contributed by atoms with Gasteiger partial charge in [0.05, 0.1) is 6.61 Å². The highest BCUT2D eigenvalue weighted by Gasteiger charge is 2.27. The second kappa shape index (κ2) is 6.10. The lowest BCUT2D eigenvalue weighted by Crippen LogP contribution is -2.43. The molecular weight excluding hydrogens is 214 g/mol. The molecule has 4 nitrogen and oxygen atoms in total. The summed E-state index contributed by atoms with van der Waals surface area (Å²) in [6.07, 6.45) is 4.79. The molecule has 0 radical (unpaired) electrons. The van der Waals surface area contributed by atoms with Gasteiger partial charge in [0.25, 0.3) is 0 Å². The highest BCUT2D eigenvalue weighted by Crippen LogP contribution is 2.20. The first-order valence-corrected chi connectivity index (χ1v) is 6.18. The lowest BCUT2D eigenvalue weighted by atomic mass is 9.97. The maximum atomic E-state index is 5.90. The van der Waals surface area contributed by atoms with Crippen molar-refractivity contribution >= 4 is 0 Å². The van der Waals surface area contributed by atoms with E-state index in [1.54, 1.807) is 0 Å². The molecule has 1 fully saturated rings. The van der Waals surface area contributed by atoms with E-state index in [-0.39, 0.29) is 0 Å². The number of ether oxygens (including phenoxy) is 1. The normalized spacial score (nSPS) is 21.9. The van der Waals surface area contributed by atoms with Crippen LogP contribution in [0.25, 0.3) is 0 Å². The molecule has 1 saturated heterocycles. The van der Waals surface area contributed by atoms with Crippen molar-refractivity contribution in [2.75, 3.05) is 26.8 Å². The number of hydrogen-bond donors (Lipinski definition) is 1. The zero-order valence-corrected chi connectivity index (χ0v) is 10.4. The van der Waals surface area contributed by atoms with Crippen LogP contribution in [0.1, 0.15) is 12.0 Å². The summed E-state index contributed by atoms with van der Waals surface area (Å²) in [6.45, 7) is 3.34. The van der Waals surface area contributed by atoms with Crippen molar-refractivity contribution in [2.45, 2.75) is 19.0 Å². The van der Waals surface area contributed by atoms with Crippen LogP contribution in [0, 0.1) is 5.92 Å². The van der Waals surface area contributed by atoms with Crippen LogP contribution >= 0.6 is 0 Å². The SMILES string of the molecule is CN(Cc1ccncc1)C(CN)C1CCOC1. The van der Waals surface area contributed by atoms with Gasteiger partial charge in [0.1, 0.15) is 0 Å². The van der Waals surface area contributed by atoms with E-state index in [0.29, 0.717) is 18.5 Å². The van der Waals surface area contributed by atoms with Gasteiger partial charge in [-0.05, 0) is 31.2 Å². The van der Waals surface area contributed by atoms with E-state index in [4.69, 9.17) is 10.5 Å². The predicted molar refractivity (Wildman–Crippen MR) is 67.5 cm³/mol. The molecule has 0 spiro atoms. The van der Waals surface area contributed by atoms with E-state index >= 15 is 0 Å². The Labute approximate surface area is 103 Å². The highest BCUT2D eigenvalue weighted by atomic mass is 16.5. The second-order valence-electron chi connectivity index (χ2n) is 4.70. The maximum absolute atomic E-state index is 5.90. The number of pyridine rings is 1. The largest absolute Gasteiger partial charge is 0.381 e. The Morgan fingerprint density at radius 1 is 1.53 bits per heavy atom. The van der Waals surface area contributed by atoms with Crippen LogP contribution in [0.2, 0.25) is 0 Å². The third-order valence-electron chi connectivity index (χ3n) is 3.50.